The molecule has 9 nitrogen and oxygen atoms in total. The number of ether oxygens (including phenoxy) is 1. The Balaban J connectivity index is 0.000000690. The van der Waals surface area contributed by atoms with Gasteiger partial charge >= 0.3 is 0 Å². The molecule has 2 N–H and O–H groups in total. The van der Waals surface area contributed by atoms with E-state index < -0.39 is 6.17 Å². The Hall–Kier alpha value is -4.76. The van der Waals surface area contributed by atoms with Crippen LogP contribution in [0.4, 0.5) is 0 Å². The van der Waals surface area contributed by atoms with Crippen molar-refractivity contribution in [2.45, 2.75) is 60.7 Å². The summed E-state index contributed by atoms with van der Waals surface area (Å²) in [6, 6.07) is 17.2. The van der Waals surface area contributed by atoms with Gasteiger partial charge in [-0.2, -0.15) is 0 Å². The number of amides is 2. The molecule has 4 rings (SSSR count). The number of hydrogen-bond donors (Lipinski definition) is 2. The number of hydrogen-bond acceptors (Lipinski definition) is 7. The molecular formula is C39H55N5O4. The van der Waals surface area contributed by atoms with Crippen LogP contribution >= 0.6 is 0 Å². The molecule has 1 atom stereocenters. The maximum absolute atomic E-state index is 13.2. The molecule has 0 saturated carbocycles. The summed E-state index contributed by atoms with van der Waals surface area (Å²) in [5.74, 6) is 1.64. The molecule has 0 spiro atoms. The van der Waals surface area contributed by atoms with Crippen molar-refractivity contribution in [2.24, 2.45) is 0 Å². The van der Waals surface area contributed by atoms with E-state index in [1.807, 2.05) is 93.2 Å². The Bertz CT molecular complexity index is 1400. The molecule has 48 heavy (non-hydrogen) atoms. The molecule has 2 saturated heterocycles. The monoisotopic (exact) mass is 657 g/mol. The van der Waals surface area contributed by atoms with E-state index in [0.29, 0.717) is 44.4 Å². The summed E-state index contributed by atoms with van der Waals surface area (Å²) in [4.78, 5) is 29.8. The lowest BCUT2D eigenvalue weighted by Gasteiger charge is -2.54. The predicted octanol–water partition coefficient (Wildman–Crippen LogP) is 6.52. The summed E-state index contributed by atoms with van der Waals surface area (Å²) in [6.07, 6.45) is 5.94. The highest BCUT2D eigenvalue weighted by molar-refractivity contribution is 5.88. The molecule has 2 aromatic rings. The first kappa shape index (κ1) is 39.4. The van der Waals surface area contributed by atoms with Crippen molar-refractivity contribution in [3.8, 4) is 5.75 Å². The zero-order valence-electron chi connectivity index (χ0n) is 29.7. The van der Waals surface area contributed by atoms with Crippen molar-refractivity contribution in [1.29, 1.82) is 0 Å². The molecule has 0 radical (unpaired) electrons. The topological polar surface area (TPSA) is 88.6 Å². The number of phenols is 1. The smallest absolute Gasteiger partial charge is 0.242 e. The quantitative estimate of drug-likeness (QED) is 0.144. The van der Waals surface area contributed by atoms with Gasteiger partial charge in [-0.25, -0.2) is 5.01 Å². The molecule has 0 bridgehead atoms. The number of aromatic hydroxyl groups is 1. The third kappa shape index (κ3) is 11.5. The normalized spacial score (nSPS) is 16.8. The van der Waals surface area contributed by atoms with E-state index in [1.54, 1.807) is 34.1 Å². The summed E-state index contributed by atoms with van der Waals surface area (Å²) in [6.45, 7) is 26.6. The number of aryl methyl sites for hydroxylation is 1. The SMILES string of the molecule is C=C/C=C(CN1CC2N(CC1=O)C(=O)CN(CC=C)N2C(=C)NCc1ccccc1)\C(C)=C(/C)OCCC.CC.Cc1ccc(O)cc1. The third-order valence-corrected chi connectivity index (χ3v) is 7.83. The van der Waals surface area contributed by atoms with E-state index in [1.165, 1.54) is 5.56 Å². The van der Waals surface area contributed by atoms with E-state index in [-0.39, 0.29) is 24.9 Å². The number of hydrazine groups is 1. The molecule has 2 aliphatic rings. The minimum Gasteiger partial charge on any atom is -0.508 e. The fourth-order valence-electron chi connectivity index (χ4n) is 5.19. The molecule has 1 unspecified atom stereocenters. The van der Waals surface area contributed by atoms with Crippen molar-refractivity contribution in [3.05, 3.63) is 126 Å². The fourth-order valence-corrected chi connectivity index (χ4v) is 5.19. The zero-order valence-corrected chi connectivity index (χ0v) is 29.7. The van der Waals surface area contributed by atoms with Crippen LogP contribution in [0.5, 0.6) is 5.75 Å². The van der Waals surface area contributed by atoms with Gasteiger partial charge in [-0.3, -0.25) is 14.6 Å². The first-order valence-corrected chi connectivity index (χ1v) is 16.7. The van der Waals surface area contributed by atoms with Crippen molar-refractivity contribution in [1.82, 2.24) is 25.1 Å². The fraction of sp³-hybridized carbons (Fsp3) is 0.385. The van der Waals surface area contributed by atoms with Gasteiger partial charge in [-0.1, -0.05) is 100 Å². The number of carbonyl (C=O) groups is 2. The molecule has 2 heterocycles. The van der Waals surface area contributed by atoms with E-state index >= 15 is 0 Å². The number of nitrogens with one attached hydrogen (secondary N) is 1. The van der Waals surface area contributed by atoms with Gasteiger partial charge < -0.3 is 25.0 Å². The lowest BCUT2D eigenvalue weighted by Crippen LogP contribution is -2.72. The van der Waals surface area contributed by atoms with Crippen LogP contribution in [0.3, 0.4) is 0 Å². The highest BCUT2D eigenvalue weighted by atomic mass is 16.5. The Morgan fingerprint density at radius 1 is 1.02 bits per heavy atom. The lowest BCUT2D eigenvalue weighted by atomic mass is 10.0. The first-order valence-electron chi connectivity index (χ1n) is 16.7. The van der Waals surface area contributed by atoms with E-state index in [9.17, 15) is 9.59 Å². The van der Waals surface area contributed by atoms with E-state index in [0.717, 1.165) is 28.9 Å². The number of allylic oxidation sites excluding steroid dienone is 3. The van der Waals surface area contributed by atoms with Crippen LogP contribution in [0.15, 0.2) is 115 Å². The van der Waals surface area contributed by atoms with Gasteiger partial charge in [0.2, 0.25) is 11.8 Å². The largest absolute Gasteiger partial charge is 0.508 e. The molecule has 2 aliphatic heterocycles. The summed E-state index contributed by atoms with van der Waals surface area (Å²) in [5, 5.41) is 16.1. The van der Waals surface area contributed by atoms with Crippen LogP contribution in [0.1, 0.15) is 52.2 Å². The maximum Gasteiger partial charge on any atom is 0.242 e. The van der Waals surface area contributed by atoms with Gasteiger partial charge in [-0.05, 0) is 56.0 Å². The van der Waals surface area contributed by atoms with Crippen LogP contribution in [-0.2, 0) is 20.9 Å². The van der Waals surface area contributed by atoms with E-state index in [2.05, 4.69) is 32.0 Å². The molecule has 9 heteroatoms. The second-order valence-electron chi connectivity index (χ2n) is 11.3. The van der Waals surface area contributed by atoms with Gasteiger partial charge in [0.05, 0.1) is 25.5 Å². The van der Waals surface area contributed by atoms with Gasteiger partial charge in [0, 0.05) is 19.6 Å². The number of carbonyl (C=O) groups excluding carboxylic acids is 2. The van der Waals surface area contributed by atoms with Crippen LogP contribution in [-0.4, -0.2) is 82.2 Å². The molecular weight excluding hydrogens is 602 g/mol. The van der Waals surface area contributed by atoms with Crippen molar-refractivity contribution >= 4 is 11.8 Å². The van der Waals surface area contributed by atoms with Gasteiger partial charge in [0.15, 0.2) is 0 Å². The number of nitrogens with zero attached hydrogens (tertiary/aromatic N) is 4. The standard InChI is InChI=1S/C30H41N5O3.C7H8O.C2H6/c1-7-13-27(23(4)24(5)38-17-9-3)19-32-20-28-34(22-29(32)36)30(37)21-33(16-8-2)35(28)25(6)31-18-26-14-11-10-12-15-26;1-6-2-4-7(8)5-3-6;1-2/h7-8,10-15,28,31H,1-2,6,9,16-22H2,3-5H3;2-5,8H,1H3;1-2H3/b24-23+,27-13-;;. The summed E-state index contributed by atoms with van der Waals surface area (Å²) >= 11 is 0. The second-order valence-corrected chi connectivity index (χ2v) is 11.3. The third-order valence-electron chi connectivity index (χ3n) is 7.83. The number of phenolic OH excluding ortho intramolecular Hbond substituents is 1. The highest BCUT2D eigenvalue weighted by Gasteiger charge is 2.45. The minimum absolute atomic E-state index is 0.0172. The van der Waals surface area contributed by atoms with Crippen LogP contribution in [0.25, 0.3) is 0 Å². The number of rotatable bonds is 13. The van der Waals surface area contributed by atoms with Crippen LogP contribution in [0.2, 0.25) is 0 Å². The van der Waals surface area contributed by atoms with Crippen molar-refractivity contribution < 1.29 is 19.4 Å². The first-order chi connectivity index (χ1) is 23.1. The van der Waals surface area contributed by atoms with Crippen LogP contribution < -0.4 is 5.32 Å². The highest BCUT2D eigenvalue weighted by Crippen LogP contribution is 2.27. The molecule has 2 fully saturated rings. The summed E-state index contributed by atoms with van der Waals surface area (Å²) in [7, 11) is 0. The Kier molecular flexibility index (Phi) is 16.8. The predicted molar refractivity (Wildman–Crippen MR) is 195 cm³/mol. The average Bonchev–Trinajstić information content (AvgIpc) is 3.09. The van der Waals surface area contributed by atoms with Gasteiger partial charge in [0.1, 0.15) is 24.3 Å². The van der Waals surface area contributed by atoms with Crippen LogP contribution in [0, 0.1) is 6.92 Å². The van der Waals surface area contributed by atoms with E-state index in [4.69, 9.17) is 9.84 Å². The number of piperazine rings is 1. The minimum atomic E-state index is -0.392. The Morgan fingerprint density at radius 3 is 2.27 bits per heavy atom. The molecule has 2 amide bonds. The summed E-state index contributed by atoms with van der Waals surface area (Å²) < 4.78 is 5.85. The number of benzene rings is 2. The second kappa shape index (κ2) is 20.5. The average molecular weight is 658 g/mol. The zero-order chi connectivity index (χ0) is 35.6. The Morgan fingerprint density at radius 2 is 1.69 bits per heavy atom. The van der Waals surface area contributed by atoms with Crippen molar-refractivity contribution in [2.75, 3.05) is 39.3 Å². The van der Waals surface area contributed by atoms with Crippen molar-refractivity contribution in [3.63, 3.8) is 0 Å². The Labute approximate surface area is 288 Å². The van der Waals surface area contributed by atoms with Gasteiger partial charge in [-0.15, -0.1) is 6.58 Å². The molecule has 0 aromatic heterocycles. The molecule has 0 aliphatic carbocycles. The van der Waals surface area contributed by atoms with Gasteiger partial charge in [0.25, 0.3) is 0 Å². The molecule has 2 aromatic carbocycles. The lowest BCUT2D eigenvalue weighted by molar-refractivity contribution is -0.185. The summed E-state index contributed by atoms with van der Waals surface area (Å²) in [5.41, 5.74) is 4.22. The maximum atomic E-state index is 13.2. The molecule has 260 valence electrons. The number of fused-ring (bicyclic) bond motifs is 1.